The number of halogens is 3. The van der Waals surface area contributed by atoms with E-state index in [1.807, 2.05) is 0 Å². The molecule has 0 saturated heterocycles. The fourth-order valence-electron chi connectivity index (χ4n) is 1.70. The SMILES string of the molecule is COCCNCCNS(=O)(=O)Cc1cccc(C(F)(F)F)c1. The first kappa shape index (κ1) is 18.9. The average Bonchev–Trinajstić information content (AvgIpc) is 2.41. The van der Waals surface area contributed by atoms with Crippen LogP contribution in [0.25, 0.3) is 0 Å². The van der Waals surface area contributed by atoms with Gasteiger partial charge in [0.05, 0.1) is 17.9 Å². The molecule has 0 bridgehead atoms. The van der Waals surface area contributed by atoms with Gasteiger partial charge in [-0.2, -0.15) is 13.2 Å². The van der Waals surface area contributed by atoms with Crippen LogP contribution in [0.4, 0.5) is 13.2 Å². The van der Waals surface area contributed by atoms with E-state index in [9.17, 15) is 21.6 Å². The quantitative estimate of drug-likeness (QED) is 0.666. The Morgan fingerprint density at radius 1 is 1.18 bits per heavy atom. The predicted molar refractivity (Wildman–Crippen MR) is 76.8 cm³/mol. The van der Waals surface area contributed by atoms with Gasteiger partial charge in [0.15, 0.2) is 0 Å². The van der Waals surface area contributed by atoms with Crippen LogP contribution in [0.1, 0.15) is 11.1 Å². The van der Waals surface area contributed by atoms with Gasteiger partial charge in [0.25, 0.3) is 0 Å². The van der Waals surface area contributed by atoms with Gasteiger partial charge in [0.2, 0.25) is 10.0 Å². The molecule has 1 aromatic carbocycles. The lowest BCUT2D eigenvalue weighted by Crippen LogP contribution is -2.33. The van der Waals surface area contributed by atoms with E-state index in [1.54, 1.807) is 7.11 Å². The Morgan fingerprint density at radius 3 is 2.55 bits per heavy atom. The van der Waals surface area contributed by atoms with Crippen LogP contribution < -0.4 is 10.0 Å². The topological polar surface area (TPSA) is 67.4 Å². The molecule has 0 aliphatic rings. The smallest absolute Gasteiger partial charge is 0.383 e. The highest BCUT2D eigenvalue weighted by Gasteiger charge is 2.30. The van der Waals surface area contributed by atoms with E-state index in [-0.39, 0.29) is 12.1 Å². The van der Waals surface area contributed by atoms with Crippen molar-refractivity contribution in [3.8, 4) is 0 Å². The molecule has 0 amide bonds. The summed E-state index contributed by atoms with van der Waals surface area (Å²) in [6.45, 7) is 1.67. The number of benzene rings is 1. The Kier molecular flexibility index (Phi) is 7.27. The molecule has 0 spiro atoms. The lowest BCUT2D eigenvalue weighted by Gasteiger charge is -2.10. The second-order valence-electron chi connectivity index (χ2n) is 4.59. The summed E-state index contributed by atoms with van der Waals surface area (Å²) in [5, 5.41) is 2.95. The van der Waals surface area contributed by atoms with Crippen LogP contribution in [0.5, 0.6) is 0 Å². The fourth-order valence-corrected chi connectivity index (χ4v) is 2.84. The summed E-state index contributed by atoms with van der Waals surface area (Å²) in [5.74, 6) is -0.491. The second-order valence-corrected chi connectivity index (χ2v) is 6.40. The number of sulfonamides is 1. The van der Waals surface area contributed by atoms with Crippen LogP contribution in [-0.2, 0) is 26.7 Å². The Bertz CT molecular complexity index is 562. The van der Waals surface area contributed by atoms with Crippen molar-refractivity contribution in [1.29, 1.82) is 0 Å². The van der Waals surface area contributed by atoms with Crippen molar-refractivity contribution < 1.29 is 26.3 Å². The molecule has 0 aliphatic carbocycles. The normalized spacial score (nSPS) is 12.5. The first-order valence-corrected chi connectivity index (χ1v) is 8.23. The lowest BCUT2D eigenvalue weighted by molar-refractivity contribution is -0.137. The van der Waals surface area contributed by atoms with Gasteiger partial charge in [-0.1, -0.05) is 18.2 Å². The summed E-state index contributed by atoms with van der Waals surface area (Å²) in [4.78, 5) is 0. The largest absolute Gasteiger partial charge is 0.416 e. The third kappa shape index (κ3) is 7.21. The zero-order valence-electron chi connectivity index (χ0n) is 12.1. The minimum absolute atomic E-state index is 0.0923. The molecular formula is C13H19F3N2O3S. The fraction of sp³-hybridized carbons (Fsp3) is 0.538. The predicted octanol–water partition coefficient (Wildman–Crippen LogP) is 1.36. The van der Waals surface area contributed by atoms with Crippen molar-refractivity contribution in [2.24, 2.45) is 0 Å². The first-order valence-electron chi connectivity index (χ1n) is 6.58. The number of rotatable bonds is 9. The number of methoxy groups -OCH3 is 1. The highest BCUT2D eigenvalue weighted by Crippen LogP contribution is 2.29. The number of nitrogens with one attached hydrogen (secondary N) is 2. The number of ether oxygens (including phenoxy) is 1. The van der Waals surface area contributed by atoms with E-state index >= 15 is 0 Å². The number of hydrogen-bond donors (Lipinski definition) is 2. The van der Waals surface area contributed by atoms with E-state index in [0.29, 0.717) is 19.7 Å². The Balaban J connectivity index is 2.51. The van der Waals surface area contributed by atoms with Crippen LogP contribution in [0, 0.1) is 0 Å². The van der Waals surface area contributed by atoms with Gasteiger partial charge in [-0.05, 0) is 11.6 Å². The van der Waals surface area contributed by atoms with E-state index in [2.05, 4.69) is 10.0 Å². The molecule has 0 atom stereocenters. The van der Waals surface area contributed by atoms with E-state index in [0.717, 1.165) is 12.1 Å². The van der Waals surface area contributed by atoms with E-state index < -0.39 is 27.5 Å². The third-order valence-electron chi connectivity index (χ3n) is 2.72. The molecular weight excluding hydrogens is 321 g/mol. The monoisotopic (exact) mass is 340 g/mol. The van der Waals surface area contributed by atoms with Crippen LogP contribution >= 0.6 is 0 Å². The number of hydrogen-bond acceptors (Lipinski definition) is 4. The third-order valence-corrected chi connectivity index (χ3v) is 4.08. The van der Waals surface area contributed by atoms with Crippen molar-refractivity contribution in [2.45, 2.75) is 11.9 Å². The van der Waals surface area contributed by atoms with Gasteiger partial charge >= 0.3 is 6.18 Å². The van der Waals surface area contributed by atoms with Gasteiger partial charge in [-0.25, -0.2) is 13.1 Å². The summed E-state index contributed by atoms with van der Waals surface area (Å²) < 4.78 is 68.5. The Morgan fingerprint density at radius 2 is 1.91 bits per heavy atom. The molecule has 0 heterocycles. The molecule has 0 aliphatic heterocycles. The maximum Gasteiger partial charge on any atom is 0.416 e. The molecule has 1 aromatic rings. The van der Waals surface area contributed by atoms with Crippen LogP contribution in [-0.4, -0.2) is 41.8 Å². The van der Waals surface area contributed by atoms with Gasteiger partial charge in [0.1, 0.15) is 0 Å². The highest BCUT2D eigenvalue weighted by molar-refractivity contribution is 7.88. The zero-order valence-corrected chi connectivity index (χ0v) is 12.9. The molecule has 0 saturated carbocycles. The lowest BCUT2D eigenvalue weighted by atomic mass is 10.1. The molecule has 2 N–H and O–H groups in total. The van der Waals surface area contributed by atoms with E-state index in [1.165, 1.54) is 12.1 Å². The van der Waals surface area contributed by atoms with Crippen LogP contribution in [0.3, 0.4) is 0 Å². The van der Waals surface area contributed by atoms with Crippen LogP contribution in [0.15, 0.2) is 24.3 Å². The summed E-state index contributed by atoms with van der Waals surface area (Å²) >= 11 is 0. The van der Waals surface area contributed by atoms with Crippen molar-refractivity contribution in [3.05, 3.63) is 35.4 Å². The van der Waals surface area contributed by atoms with Crippen LogP contribution in [0.2, 0.25) is 0 Å². The van der Waals surface area contributed by atoms with Crippen molar-refractivity contribution in [1.82, 2.24) is 10.0 Å². The van der Waals surface area contributed by atoms with Gasteiger partial charge in [-0.3, -0.25) is 0 Å². The summed E-state index contributed by atoms with van der Waals surface area (Å²) in [6, 6.07) is 4.30. The molecule has 0 unspecified atom stereocenters. The molecule has 126 valence electrons. The second kappa shape index (κ2) is 8.47. The van der Waals surface area contributed by atoms with Gasteiger partial charge in [0, 0.05) is 26.7 Å². The van der Waals surface area contributed by atoms with Crippen molar-refractivity contribution in [3.63, 3.8) is 0 Å². The van der Waals surface area contributed by atoms with Gasteiger partial charge in [-0.15, -0.1) is 0 Å². The minimum Gasteiger partial charge on any atom is -0.383 e. The Labute approximate surface area is 127 Å². The van der Waals surface area contributed by atoms with E-state index in [4.69, 9.17) is 4.74 Å². The molecule has 0 radical (unpaired) electrons. The maximum atomic E-state index is 12.6. The summed E-state index contributed by atoms with van der Waals surface area (Å²) in [7, 11) is -2.12. The molecule has 0 aromatic heterocycles. The minimum atomic E-state index is -4.49. The van der Waals surface area contributed by atoms with Crippen molar-refractivity contribution >= 4 is 10.0 Å². The average molecular weight is 340 g/mol. The summed E-state index contributed by atoms with van der Waals surface area (Å²) in [5.41, 5.74) is -0.768. The molecule has 0 fully saturated rings. The number of alkyl halides is 3. The molecule has 5 nitrogen and oxygen atoms in total. The zero-order chi connectivity index (χ0) is 16.6. The Hall–Kier alpha value is -1.16. The first-order chi connectivity index (χ1) is 10.2. The summed E-state index contributed by atoms with van der Waals surface area (Å²) in [6.07, 6.45) is -4.49. The molecule has 22 heavy (non-hydrogen) atoms. The van der Waals surface area contributed by atoms with Crippen molar-refractivity contribution in [2.75, 3.05) is 33.4 Å². The van der Waals surface area contributed by atoms with Gasteiger partial charge < -0.3 is 10.1 Å². The molecule has 9 heteroatoms. The standard InChI is InChI=1S/C13H19F3N2O3S/c1-21-8-7-17-5-6-18-22(19,20)10-11-3-2-4-12(9-11)13(14,15)16/h2-4,9,17-18H,5-8,10H2,1H3. The maximum absolute atomic E-state index is 12.6. The highest BCUT2D eigenvalue weighted by atomic mass is 32.2. The molecule has 1 rings (SSSR count).